The third-order valence-corrected chi connectivity index (χ3v) is 5.03. The fourth-order valence-corrected chi connectivity index (χ4v) is 3.33. The minimum absolute atomic E-state index is 0.0120. The maximum Gasteiger partial charge on any atom is 0.220 e. The van der Waals surface area contributed by atoms with Crippen molar-refractivity contribution >= 4 is 17.4 Å². The highest BCUT2D eigenvalue weighted by molar-refractivity contribution is 5.76. The van der Waals surface area contributed by atoms with Crippen molar-refractivity contribution in [2.75, 3.05) is 5.32 Å². The summed E-state index contributed by atoms with van der Waals surface area (Å²) in [6.45, 7) is 2.68. The van der Waals surface area contributed by atoms with Crippen LogP contribution >= 0.6 is 0 Å². The van der Waals surface area contributed by atoms with Crippen molar-refractivity contribution in [1.29, 1.82) is 0 Å². The van der Waals surface area contributed by atoms with E-state index in [1.54, 1.807) is 10.8 Å². The summed E-state index contributed by atoms with van der Waals surface area (Å²) < 4.78 is 7.03. The highest BCUT2D eigenvalue weighted by Crippen LogP contribution is 2.11. The van der Waals surface area contributed by atoms with Gasteiger partial charge < -0.3 is 15.1 Å². The summed E-state index contributed by atoms with van der Waals surface area (Å²) in [5.74, 6) is 2.31. The zero-order valence-electron chi connectivity index (χ0n) is 17.5. The summed E-state index contributed by atoms with van der Waals surface area (Å²) >= 11 is 0. The monoisotopic (exact) mass is 418 g/mol. The first-order chi connectivity index (χ1) is 15.2. The molecular weight excluding hydrogens is 392 g/mol. The van der Waals surface area contributed by atoms with Gasteiger partial charge in [0.25, 0.3) is 0 Å². The van der Waals surface area contributed by atoms with Crippen molar-refractivity contribution in [2.45, 2.75) is 45.2 Å². The Kier molecular flexibility index (Phi) is 6.56. The molecule has 0 bridgehead atoms. The van der Waals surface area contributed by atoms with E-state index in [-0.39, 0.29) is 11.9 Å². The fraction of sp³-hybridized carbons (Fsp3) is 0.304. The molecule has 4 aromatic rings. The summed E-state index contributed by atoms with van der Waals surface area (Å²) in [6, 6.07) is 17.8. The lowest BCUT2D eigenvalue weighted by Crippen LogP contribution is -2.33. The predicted octanol–water partition coefficient (Wildman–Crippen LogP) is 3.40. The molecule has 160 valence electrons. The molecule has 31 heavy (non-hydrogen) atoms. The molecule has 0 saturated heterocycles. The maximum absolute atomic E-state index is 12.3. The van der Waals surface area contributed by atoms with E-state index in [0.717, 1.165) is 24.4 Å². The van der Waals surface area contributed by atoms with Crippen LogP contribution in [0.2, 0.25) is 0 Å². The maximum atomic E-state index is 12.3. The Bertz CT molecular complexity index is 1110. The summed E-state index contributed by atoms with van der Waals surface area (Å²) in [4.78, 5) is 12.3. The molecule has 1 aromatic carbocycles. The first kappa shape index (κ1) is 20.6. The van der Waals surface area contributed by atoms with Gasteiger partial charge in [-0.25, -0.2) is 0 Å². The first-order valence-electron chi connectivity index (χ1n) is 10.5. The van der Waals surface area contributed by atoms with Gasteiger partial charge in [-0.2, -0.15) is 4.52 Å². The van der Waals surface area contributed by atoms with E-state index in [1.165, 1.54) is 5.56 Å². The smallest absolute Gasteiger partial charge is 0.220 e. The Morgan fingerprint density at radius 2 is 1.94 bits per heavy atom. The van der Waals surface area contributed by atoms with Crippen molar-refractivity contribution < 1.29 is 9.21 Å². The standard InChI is InChI=1S/C23H26N6O2/c1-17(9-10-19-8-5-15-31-19)25-23(30)14-13-22-27-26-21-12-11-20(28-29(21)22)24-16-18-6-3-2-4-7-18/h2-8,11-12,15,17H,9-10,13-14,16H2,1H3,(H,24,28)(H,25,30)/t17-/m0/s1. The van der Waals surface area contributed by atoms with Gasteiger partial charge in [0, 0.05) is 31.8 Å². The van der Waals surface area contributed by atoms with Crippen LogP contribution in [-0.2, 0) is 24.2 Å². The fourth-order valence-electron chi connectivity index (χ4n) is 3.33. The van der Waals surface area contributed by atoms with Crippen LogP contribution in [-0.4, -0.2) is 31.8 Å². The van der Waals surface area contributed by atoms with Crippen LogP contribution in [0.3, 0.4) is 0 Å². The minimum atomic E-state index is -0.0120. The Morgan fingerprint density at radius 3 is 2.74 bits per heavy atom. The van der Waals surface area contributed by atoms with E-state index >= 15 is 0 Å². The van der Waals surface area contributed by atoms with Gasteiger partial charge in [0.15, 0.2) is 11.5 Å². The number of benzene rings is 1. The van der Waals surface area contributed by atoms with E-state index in [9.17, 15) is 4.79 Å². The average Bonchev–Trinajstić information content (AvgIpc) is 3.45. The molecule has 0 spiro atoms. The Morgan fingerprint density at radius 1 is 1.06 bits per heavy atom. The van der Waals surface area contributed by atoms with Crippen LogP contribution in [0.15, 0.2) is 65.3 Å². The largest absolute Gasteiger partial charge is 0.469 e. The number of nitrogens with zero attached hydrogens (tertiary/aromatic N) is 4. The average molecular weight is 419 g/mol. The lowest BCUT2D eigenvalue weighted by atomic mass is 10.1. The molecule has 0 aliphatic carbocycles. The third-order valence-electron chi connectivity index (χ3n) is 5.03. The molecule has 1 amide bonds. The number of fused-ring (bicyclic) bond motifs is 1. The summed E-state index contributed by atoms with van der Waals surface area (Å²) in [5.41, 5.74) is 1.83. The van der Waals surface area contributed by atoms with Gasteiger partial charge in [-0.05, 0) is 43.2 Å². The summed E-state index contributed by atoms with van der Waals surface area (Å²) in [7, 11) is 0. The van der Waals surface area contributed by atoms with Crippen LogP contribution in [0.1, 0.15) is 36.9 Å². The van der Waals surface area contributed by atoms with Crippen molar-refractivity contribution in [3.05, 3.63) is 78.0 Å². The highest BCUT2D eigenvalue weighted by Gasteiger charge is 2.12. The Labute approximate surface area is 180 Å². The quantitative estimate of drug-likeness (QED) is 0.410. The number of rotatable bonds is 10. The SMILES string of the molecule is C[C@@H](CCc1ccco1)NC(=O)CCc1nnc2ccc(NCc3ccccc3)nn12. The molecule has 0 saturated carbocycles. The van der Waals surface area contributed by atoms with Gasteiger partial charge in [0.2, 0.25) is 5.91 Å². The second-order valence-electron chi connectivity index (χ2n) is 7.53. The van der Waals surface area contributed by atoms with E-state index in [1.807, 2.05) is 49.4 Å². The lowest BCUT2D eigenvalue weighted by molar-refractivity contribution is -0.121. The van der Waals surface area contributed by atoms with Gasteiger partial charge in [0.05, 0.1) is 6.26 Å². The first-order valence-corrected chi connectivity index (χ1v) is 10.5. The topological polar surface area (TPSA) is 97.4 Å². The van der Waals surface area contributed by atoms with E-state index < -0.39 is 0 Å². The number of hydrogen-bond acceptors (Lipinski definition) is 6. The number of amides is 1. The van der Waals surface area contributed by atoms with E-state index in [2.05, 4.69) is 38.1 Å². The molecule has 0 unspecified atom stereocenters. The molecule has 4 rings (SSSR count). The molecule has 0 aliphatic rings. The normalized spacial score (nSPS) is 12.0. The van der Waals surface area contributed by atoms with Crippen LogP contribution in [0.25, 0.3) is 5.65 Å². The highest BCUT2D eigenvalue weighted by atomic mass is 16.3. The van der Waals surface area contributed by atoms with Crippen molar-refractivity contribution in [2.24, 2.45) is 0 Å². The second kappa shape index (κ2) is 9.88. The van der Waals surface area contributed by atoms with Gasteiger partial charge in [-0.3, -0.25) is 4.79 Å². The molecule has 0 radical (unpaired) electrons. The number of carbonyl (C=O) groups is 1. The number of aromatic nitrogens is 4. The third kappa shape index (κ3) is 5.69. The molecule has 3 heterocycles. The van der Waals surface area contributed by atoms with Crippen molar-refractivity contribution in [1.82, 2.24) is 25.1 Å². The molecule has 8 heteroatoms. The molecule has 0 fully saturated rings. The van der Waals surface area contributed by atoms with Crippen LogP contribution < -0.4 is 10.6 Å². The Hall–Kier alpha value is -3.68. The van der Waals surface area contributed by atoms with E-state index in [0.29, 0.717) is 30.9 Å². The lowest BCUT2D eigenvalue weighted by Gasteiger charge is -2.13. The number of anilines is 1. The molecule has 8 nitrogen and oxygen atoms in total. The second-order valence-corrected chi connectivity index (χ2v) is 7.53. The number of carbonyl (C=O) groups excluding carboxylic acids is 1. The van der Waals surface area contributed by atoms with Gasteiger partial charge in [0.1, 0.15) is 11.6 Å². The zero-order chi connectivity index (χ0) is 21.5. The van der Waals surface area contributed by atoms with Crippen molar-refractivity contribution in [3.63, 3.8) is 0 Å². The molecule has 3 aromatic heterocycles. The zero-order valence-corrected chi connectivity index (χ0v) is 17.5. The molecule has 0 aliphatic heterocycles. The molecule has 2 N–H and O–H groups in total. The van der Waals surface area contributed by atoms with Gasteiger partial charge in [-0.1, -0.05) is 30.3 Å². The van der Waals surface area contributed by atoms with Gasteiger partial charge in [-0.15, -0.1) is 15.3 Å². The number of hydrogen-bond donors (Lipinski definition) is 2. The summed E-state index contributed by atoms with van der Waals surface area (Å²) in [6.07, 6.45) is 4.08. The van der Waals surface area contributed by atoms with Crippen molar-refractivity contribution in [3.8, 4) is 0 Å². The van der Waals surface area contributed by atoms with Crippen LogP contribution in [0, 0.1) is 0 Å². The summed E-state index contributed by atoms with van der Waals surface area (Å²) in [5, 5.41) is 19.3. The number of furan rings is 1. The van der Waals surface area contributed by atoms with Gasteiger partial charge >= 0.3 is 0 Å². The number of nitrogens with one attached hydrogen (secondary N) is 2. The Balaban J connectivity index is 1.30. The minimum Gasteiger partial charge on any atom is -0.469 e. The number of aryl methyl sites for hydroxylation is 2. The predicted molar refractivity (Wildman–Crippen MR) is 118 cm³/mol. The van der Waals surface area contributed by atoms with Crippen LogP contribution in [0.4, 0.5) is 5.82 Å². The van der Waals surface area contributed by atoms with E-state index in [4.69, 9.17) is 4.42 Å². The molecule has 1 atom stereocenters. The van der Waals surface area contributed by atoms with Crippen LogP contribution in [0.5, 0.6) is 0 Å². The molecular formula is C23H26N6O2.